The summed E-state index contributed by atoms with van der Waals surface area (Å²) in [5.74, 6) is 1.74. The number of fused-ring (bicyclic) bond motifs is 1. The highest BCUT2D eigenvalue weighted by Gasteiger charge is 2.44. The number of hydrogen-bond acceptors (Lipinski definition) is 3. The van der Waals surface area contributed by atoms with Crippen molar-refractivity contribution in [3.05, 3.63) is 52.8 Å². The maximum Gasteiger partial charge on any atom is 0.303 e. The van der Waals surface area contributed by atoms with Gasteiger partial charge in [-0.2, -0.15) is 0 Å². The quantitative estimate of drug-likeness (QED) is 0.520. The Balaban J connectivity index is 1.66. The standard InChI is InChI=1S/C25H34O4/c1-4-18-14-20-16-25(5-2,6-3)29-24(20)21(15-18)17-28-22-12-10-19(11-13-22)8-7-9-23(26)27/h10-13,15,20H,4-9,14,16-17H2,1-3H3,(H,26,27). The molecule has 0 saturated carbocycles. The van der Waals surface area contributed by atoms with Crippen LogP contribution in [0.2, 0.25) is 0 Å². The Kier molecular flexibility index (Phi) is 7.05. The van der Waals surface area contributed by atoms with Crippen LogP contribution in [-0.2, 0) is 16.0 Å². The Morgan fingerprint density at radius 2 is 1.93 bits per heavy atom. The smallest absolute Gasteiger partial charge is 0.303 e. The summed E-state index contributed by atoms with van der Waals surface area (Å²) in [4.78, 5) is 10.6. The highest BCUT2D eigenvalue weighted by atomic mass is 16.5. The zero-order chi connectivity index (χ0) is 20.9. The van der Waals surface area contributed by atoms with Crippen LogP contribution < -0.4 is 4.74 Å². The lowest BCUT2D eigenvalue weighted by atomic mass is 9.82. The Bertz CT molecular complexity index is 769. The minimum atomic E-state index is -0.742. The molecule has 0 amide bonds. The van der Waals surface area contributed by atoms with Crippen molar-refractivity contribution in [3.63, 3.8) is 0 Å². The second kappa shape index (κ2) is 9.51. The van der Waals surface area contributed by atoms with Crippen LogP contribution in [0, 0.1) is 5.92 Å². The van der Waals surface area contributed by atoms with Crippen LogP contribution in [0.3, 0.4) is 0 Å². The van der Waals surface area contributed by atoms with E-state index in [0.717, 1.165) is 55.6 Å². The molecule has 1 aromatic carbocycles. The minimum absolute atomic E-state index is 0.0140. The monoisotopic (exact) mass is 398 g/mol. The predicted octanol–water partition coefficient (Wildman–Crippen LogP) is 6.06. The van der Waals surface area contributed by atoms with Crippen molar-refractivity contribution >= 4 is 5.97 Å². The molecule has 1 fully saturated rings. The fourth-order valence-corrected chi connectivity index (χ4v) is 4.48. The molecule has 2 aliphatic rings. The van der Waals surface area contributed by atoms with E-state index in [1.165, 1.54) is 11.1 Å². The van der Waals surface area contributed by atoms with Crippen LogP contribution in [0.4, 0.5) is 0 Å². The summed E-state index contributed by atoms with van der Waals surface area (Å²) in [5, 5.41) is 8.76. The van der Waals surface area contributed by atoms with Crippen molar-refractivity contribution in [2.24, 2.45) is 5.92 Å². The molecule has 1 aliphatic carbocycles. The summed E-state index contributed by atoms with van der Waals surface area (Å²) in [6.45, 7) is 7.20. The molecule has 0 bridgehead atoms. The lowest BCUT2D eigenvalue weighted by molar-refractivity contribution is -0.137. The van der Waals surface area contributed by atoms with Crippen molar-refractivity contribution in [2.75, 3.05) is 6.61 Å². The lowest BCUT2D eigenvalue weighted by Gasteiger charge is -2.26. The van der Waals surface area contributed by atoms with Gasteiger partial charge < -0.3 is 14.6 Å². The van der Waals surface area contributed by atoms with Crippen molar-refractivity contribution in [3.8, 4) is 5.75 Å². The van der Waals surface area contributed by atoms with Crippen LogP contribution in [0.15, 0.2) is 47.2 Å². The molecule has 1 aliphatic heterocycles. The minimum Gasteiger partial charge on any atom is -0.491 e. The van der Waals surface area contributed by atoms with E-state index in [-0.39, 0.29) is 12.0 Å². The van der Waals surface area contributed by atoms with Crippen LogP contribution in [0.5, 0.6) is 5.75 Å². The first kappa shape index (κ1) is 21.5. The predicted molar refractivity (Wildman–Crippen MR) is 115 cm³/mol. The molecular formula is C25H34O4. The molecule has 1 heterocycles. The number of carbonyl (C=O) groups is 1. The van der Waals surface area contributed by atoms with E-state index in [9.17, 15) is 4.79 Å². The van der Waals surface area contributed by atoms with Crippen LogP contribution in [-0.4, -0.2) is 23.3 Å². The van der Waals surface area contributed by atoms with Gasteiger partial charge in [-0.25, -0.2) is 0 Å². The van der Waals surface area contributed by atoms with E-state index in [1.54, 1.807) is 0 Å². The second-order valence-electron chi connectivity index (χ2n) is 8.32. The summed E-state index contributed by atoms with van der Waals surface area (Å²) in [6.07, 6.45) is 9.31. The van der Waals surface area contributed by atoms with Crippen molar-refractivity contribution in [2.45, 2.75) is 77.7 Å². The molecule has 4 nitrogen and oxygen atoms in total. The highest BCUT2D eigenvalue weighted by molar-refractivity contribution is 5.66. The van der Waals surface area contributed by atoms with Crippen molar-refractivity contribution in [1.29, 1.82) is 0 Å². The molecule has 4 heteroatoms. The fourth-order valence-electron chi connectivity index (χ4n) is 4.48. The Hall–Kier alpha value is -2.23. The fraction of sp³-hybridized carbons (Fsp3) is 0.560. The maximum atomic E-state index is 10.6. The van der Waals surface area contributed by atoms with Gasteiger partial charge in [0.15, 0.2) is 0 Å². The van der Waals surface area contributed by atoms with Crippen LogP contribution >= 0.6 is 0 Å². The zero-order valence-electron chi connectivity index (χ0n) is 18.0. The van der Waals surface area contributed by atoms with E-state index in [2.05, 4.69) is 26.8 Å². The molecule has 0 aromatic heterocycles. The molecule has 0 spiro atoms. The number of ether oxygens (including phenoxy) is 2. The Morgan fingerprint density at radius 1 is 1.21 bits per heavy atom. The molecular weight excluding hydrogens is 364 g/mol. The summed E-state index contributed by atoms with van der Waals surface area (Å²) >= 11 is 0. The van der Waals surface area contributed by atoms with Gasteiger partial charge in [0.2, 0.25) is 0 Å². The largest absolute Gasteiger partial charge is 0.491 e. The number of rotatable bonds is 10. The first-order valence-electron chi connectivity index (χ1n) is 11.0. The zero-order valence-corrected chi connectivity index (χ0v) is 18.0. The average molecular weight is 399 g/mol. The number of aryl methyl sites for hydroxylation is 1. The van der Waals surface area contributed by atoms with E-state index in [1.807, 2.05) is 24.3 Å². The second-order valence-corrected chi connectivity index (χ2v) is 8.32. The molecule has 0 radical (unpaired) electrons. The number of benzene rings is 1. The summed E-state index contributed by atoms with van der Waals surface area (Å²) in [7, 11) is 0. The molecule has 1 saturated heterocycles. The van der Waals surface area contributed by atoms with Crippen molar-refractivity contribution < 1.29 is 19.4 Å². The average Bonchev–Trinajstić information content (AvgIpc) is 3.12. The third kappa shape index (κ3) is 5.23. The van der Waals surface area contributed by atoms with E-state index < -0.39 is 5.97 Å². The third-order valence-corrected chi connectivity index (χ3v) is 6.44. The molecule has 29 heavy (non-hydrogen) atoms. The summed E-state index contributed by atoms with van der Waals surface area (Å²) in [5.41, 5.74) is 3.80. The summed E-state index contributed by atoms with van der Waals surface area (Å²) in [6, 6.07) is 8.00. The number of carboxylic acids is 1. The van der Waals surface area contributed by atoms with Gasteiger partial charge in [-0.15, -0.1) is 0 Å². The molecule has 1 N–H and O–H groups in total. The molecule has 1 atom stereocenters. The molecule has 1 unspecified atom stereocenters. The number of allylic oxidation sites excluding steroid dienone is 2. The number of carboxylic acid groups (broad SMARTS) is 1. The van der Waals surface area contributed by atoms with Gasteiger partial charge in [-0.1, -0.05) is 44.6 Å². The molecule has 1 aromatic rings. The highest BCUT2D eigenvalue weighted by Crippen LogP contribution is 2.48. The van der Waals surface area contributed by atoms with Crippen LogP contribution in [0.25, 0.3) is 0 Å². The first-order valence-corrected chi connectivity index (χ1v) is 11.0. The maximum absolute atomic E-state index is 10.6. The number of aliphatic carboxylic acids is 1. The van der Waals surface area contributed by atoms with Gasteiger partial charge >= 0.3 is 5.97 Å². The lowest BCUT2D eigenvalue weighted by Crippen LogP contribution is -2.25. The van der Waals surface area contributed by atoms with Gasteiger partial charge in [-0.05, 0) is 62.6 Å². The van der Waals surface area contributed by atoms with Crippen molar-refractivity contribution in [1.82, 2.24) is 0 Å². The normalized spacial score (nSPS) is 20.1. The topological polar surface area (TPSA) is 55.8 Å². The van der Waals surface area contributed by atoms with Gasteiger partial charge in [0.05, 0.1) is 0 Å². The molecule has 158 valence electrons. The van der Waals surface area contributed by atoms with Gasteiger partial charge in [0.1, 0.15) is 23.7 Å². The SMILES string of the molecule is CCC1=CC(COc2ccc(CCCC(=O)O)cc2)=C2OC(CC)(CC)CC2C1. The van der Waals surface area contributed by atoms with Crippen LogP contribution in [0.1, 0.15) is 71.3 Å². The Morgan fingerprint density at radius 3 is 2.55 bits per heavy atom. The molecule has 3 rings (SSSR count). The number of hydrogen-bond donors (Lipinski definition) is 1. The third-order valence-electron chi connectivity index (χ3n) is 6.44. The van der Waals surface area contributed by atoms with Gasteiger partial charge in [-0.3, -0.25) is 4.79 Å². The van der Waals surface area contributed by atoms with E-state index >= 15 is 0 Å². The van der Waals surface area contributed by atoms with Gasteiger partial charge in [0, 0.05) is 17.9 Å². The van der Waals surface area contributed by atoms with Gasteiger partial charge in [0.25, 0.3) is 0 Å². The first-order chi connectivity index (χ1) is 14.0. The summed E-state index contributed by atoms with van der Waals surface area (Å²) < 4.78 is 12.6. The van der Waals surface area contributed by atoms with E-state index in [0.29, 0.717) is 18.9 Å². The van der Waals surface area contributed by atoms with E-state index in [4.69, 9.17) is 14.6 Å². The Labute approximate surface area is 174 Å².